The van der Waals surface area contributed by atoms with Crippen LogP contribution in [0.5, 0.6) is 5.75 Å². The summed E-state index contributed by atoms with van der Waals surface area (Å²) in [6.07, 6.45) is 11.1. The van der Waals surface area contributed by atoms with Crippen molar-refractivity contribution in [3.05, 3.63) is 42.3 Å². The smallest absolute Gasteiger partial charge is 0.230 e. The van der Waals surface area contributed by atoms with Gasteiger partial charge in [-0.25, -0.2) is 0 Å². The normalized spacial score (nSPS) is 14.8. The van der Waals surface area contributed by atoms with Gasteiger partial charge < -0.3 is 9.26 Å². The van der Waals surface area contributed by atoms with Crippen LogP contribution in [0.15, 0.2) is 40.9 Å². The Balaban J connectivity index is 1.40. The summed E-state index contributed by atoms with van der Waals surface area (Å²) in [4.78, 5) is 4.66. The minimum atomic E-state index is 0.448. The van der Waals surface area contributed by atoms with E-state index in [9.17, 15) is 0 Å². The van der Waals surface area contributed by atoms with Gasteiger partial charge in [-0.15, -0.1) is 0 Å². The van der Waals surface area contributed by atoms with Crippen molar-refractivity contribution in [3.8, 4) is 17.1 Å². The molecule has 28 heavy (non-hydrogen) atoms. The van der Waals surface area contributed by atoms with Crippen molar-refractivity contribution in [1.82, 2.24) is 10.1 Å². The van der Waals surface area contributed by atoms with Crippen molar-refractivity contribution in [1.29, 1.82) is 0 Å². The van der Waals surface area contributed by atoms with E-state index in [0.717, 1.165) is 30.2 Å². The number of aromatic nitrogens is 2. The summed E-state index contributed by atoms with van der Waals surface area (Å²) in [5.41, 5.74) is 1.00. The highest BCUT2D eigenvalue weighted by Crippen LogP contribution is 2.34. The molecule has 4 heteroatoms. The van der Waals surface area contributed by atoms with Gasteiger partial charge in [0.1, 0.15) is 5.75 Å². The SMILES string of the molecule is CCCCCCCOc1ccc2cc(-c3noc(C4CCCC4)n3)ccc2c1. The molecular weight excluding hydrogens is 348 g/mol. The van der Waals surface area contributed by atoms with E-state index < -0.39 is 0 Å². The molecule has 0 aliphatic heterocycles. The fourth-order valence-corrected chi connectivity index (χ4v) is 4.04. The Labute approximate surface area is 167 Å². The molecule has 1 fully saturated rings. The van der Waals surface area contributed by atoms with Crippen molar-refractivity contribution in [2.45, 2.75) is 70.6 Å². The van der Waals surface area contributed by atoms with Crippen LogP contribution in [0.25, 0.3) is 22.2 Å². The number of rotatable bonds is 9. The molecule has 0 N–H and O–H groups in total. The van der Waals surface area contributed by atoms with E-state index in [4.69, 9.17) is 9.26 Å². The zero-order valence-corrected chi connectivity index (χ0v) is 16.8. The van der Waals surface area contributed by atoms with E-state index in [2.05, 4.69) is 53.5 Å². The summed E-state index contributed by atoms with van der Waals surface area (Å²) in [6.45, 7) is 3.03. The number of ether oxygens (including phenoxy) is 1. The summed E-state index contributed by atoms with van der Waals surface area (Å²) in [7, 11) is 0. The highest BCUT2D eigenvalue weighted by molar-refractivity contribution is 5.87. The first-order chi connectivity index (χ1) is 13.8. The molecule has 4 nitrogen and oxygen atoms in total. The van der Waals surface area contributed by atoms with E-state index >= 15 is 0 Å². The Morgan fingerprint density at radius 2 is 1.75 bits per heavy atom. The molecule has 0 bridgehead atoms. The van der Waals surface area contributed by atoms with E-state index in [0.29, 0.717) is 11.7 Å². The molecule has 0 radical (unpaired) electrons. The molecule has 2 aromatic carbocycles. The van der Waals surface area contributed by atoms with Crippen molar-refractivity contribution in [2.24, 2.45) is 0 Å². The Morgan fingerprint density at radius 3 is 2.61 bits per heavy atom. The van der Waals surface area contributed by atoms with Gasteiger partial charge in [0.2, 0.25) is 11.7 Å². The Hall–Kier alpha value is -2.36. The van der Waals surface area contributed by atoms with E-state index in [-0.39, 0.29) is 0 Å². The zero-order chi connectivity index (χ0) is 19.2. The molecule has 0 amide bonds. The van der Waals surface area contributed by atoms with Crippen LogP contribution in [0.1, 0.15) is 76.5 Å². The molecular formula is C24H30N2O2. The van der Waals surface area contributed by atoms with Crippen LogP contribution in [0, 0.1) is 0 Å². The number of fused-ring (bicyclic) bond motifs is 1. The number of benzene rings is 2. The molecule has 0 spiro atoms. The molecule has 1 aliphatic rings. The number of unbranched alkanes of at least 4 members (excludes halogenated alkanes) is 4. The zero-order valence-electron chi connectivity index (χ0n) is 16.8. The Kier molecular flexibility index (Phi) is 6.25. The van der Waals surface area contributed by atoms with Gasteiger partial charge in [0.05, 0.1) is 6.61 Å². The second-order valence-corrected chi connectivity index (χ2v) is 7.92. The molecule has 1 saturated carbocycles. The molecule has 0 atom stereocenters. The van der Waals surface area contributed by atoms with Crippen LogP contribution in [0.2, 0.25) is 0 Å². The Bertz CT molecular complexity index is 897. The third-order valence-electron chi connectivity index (χ3n) is 5.73. The van der Waals surface area contributed by atoms with Crippen molar-refractivity contribution in [2.75, 3.05) is 6.61 Å². The fourth-order valence-electron chi connectivity index (χ4n) is 4.04. The van der Waals surface area contributed by atoms with Gasteiger partial charge in [0.25, 0.3) is 0 Å². The van der Waals surface area contributed by atoms with E-state index in [1.165, 1.54) is 62.1 Å². The first kappa shape index (κ1) is 19.0. The maximum atomic E-state index is 5.93. The molecule has 3 aromatic rings. The molecule has 1 aliphatic carbocycles. The highest BCUT2D eigenvalue weighted by Gasteiger charge is 2.23. The van der Waals surface area contributed by atoms with Crippen LogP contribution in [0.4, 0.5) is 0 Å². The van der Waals surface area contributed by atoms with Gasteiger partial charge in [-0.3, -0.25) is 0 Å². The minimum absolute atomic E-state index is 0.448. The van der Waals surface area contributed by atoms with Gasteiger partial charge in [-0.2, -0.15) is 4.98 Å². The maximum absolute atomic E-state index is 5.93. The average molecular weight is 379 g/mol. The van der Waals surface area contributed by atoms with Crippen LogP contribution in [-0.2, 0) is 0 Å². The number of nitrogens with zero attached hydrogens (tertiary/aromatic N) is 2. The van der Waals surface area contributed by atoms with Crippen LogP contribution < -0.4 is 4.74 Å². The van der Waals surface area contributed by atoms with E-state index in [1.807, 2.05) is 0 Å². The van der Waals surface area contributed by atoms with Crippen LogP contribution in [0.3, 0.4) is 0 Å². The van der Waals surface area contributed by atoms with Crippen LogP contribution in [-0.4, -0.2) is 16.7 Å². The third kappa shape index (κ3) is 4.54. The van der Waals surface area contributed by atoms with Crippen LogP contribution >= 0.6 is 0 Å². The predicted octanol–water partition coefficient (Wildman–Crippen LogP) is 6.90. The lowest BCUT2D eigenvalue weighted by Crippen LogP contribution is -1.97. The van der Waals surface area contributed by atoms with Gasteiger partial charge in [0.15, 0.2) is 0 Å². The van der Waals surface area contributed by atoms with Gasteiger partial charge in [0, 0.05) is 11.5 Å². The lowest BCUT2D eigenvalue weighted by atomic mass is 10.1. The summed E-state index contributed by atoms with van der Waals surface area (Å²) in [5.74, 6) is 2.88. The predicted molar refractivity (Wildman–Crippen MR) is 113 cm³/mol. The van der Waals surface area contributed by atoms with E-state index in [1.54, 1.807) is 0 Å². The number of hydrogen-bond donors (Lipinski definition) is 0. The summed E-state index contributed by atoms with van der Waals surface area (Å²) in [5, 5.41) is 6.56. The second-order valence-electron chi connectivity index (χ2n) is 7.92. The van der Waals surface area contributed by atoms with Crippen molar-refractivity contribution < 1.29 is 9.26 Å². The van der Waals surface area contributed by atoms with Gasteiger partial charge in [-0.1, -0.05) is 68.8 Å². The van der Waals surface area contributed by atoms with Gasteiger partial charge in [-0.05, 0) is 48.2 Å². The molecule has 1 aromatic heterocycles. The monoisotopic (exact) mass is 378 g/mol. The van der Waals surface area contributed by atoms with Crippen molar-refractivity contribution in [3.63, 3.8) is 0 Å². The summed E-state index contributed by atoms with van der Waals surface area (Å²) < 4.78 is 11.5. The summed E-state index contributed by atoms with van der Waals surface area (Å²) >= 11 is 0. The minimum Gasteiger partial charge on any atom is -0.494 e. The molecule has 0 unspecified atom stereocenters. The molecule has 1 heterocycles. The summed E-state index contributed by atoms with van der Waals surface area (Å²) in [6, 6.07) is 12.6. The second kappa shape index (κ2) is 9.22. The quantitative estimate of drug-likeness (QED) is 0.380. The topological polar surface area (TPSA) is 48.2 Å². The van der Waals surface area contributed by atoms with Gasteiger partial charge >= 0.3 is 0 Å². The molecule has 148 valence electrons. The third-order valence-corrected chi connectivity index (χ3v) is 5.73. The standard InChI is InChI=1S/C24H30N2O2/c1-2-3-4-5-8-15-27-22-14-13-19-16-21(12-11-20(19)17-22)23-25-24(28-26-23)18-9-6-7-10-18/h11-14,16-18H,2-10,15H2,1H3. The fraction of sp³-hybridized carbons (Fsp3) is 0.500. The largest absolute Gasteiger partial charge is 0.494 e. The Morgan fingerprint density at radius 1 is 0.964 bits per heavy atom. The number of hydrogen-bond acceptors (Lipinski definition) is 4. The van der Waals surface area contributed by atoms with Crippen molar-refractivity contribution >= 4 is 10.8 Å². The first-order valence-electron chi connectivity index (χ1n) is 10.8. The highest BCUT2D eigenvalue weighted by atomic mass is 16.5. The average Bonchev–Trinajstić information content (AvgIpc) is 3.42. The maximum Gasteiger partial charge on any atom is 0.230 e. The lowest BCUT2D eigenvalue weighted by molar-refractivity contribution is 0.305. The first-order valence-corrected chi connectivity index (χ1v) is 10.8. The lowest BCUT2D eigenvalue weighted by Gasteiger charge is -2.08. The molecule has 0 saturated heterocycles. The molecule has 4 rings (SSSR count).